The maximum absolute atomic E-state index is 5.34. The summed E-state index contributed by atoms with van der Waals surface area (Å²) in [4.78, 5) is 3.73. The Morgan fingerprint density at radius 1 is 1.56 bits per heavy atom. The molecule has 1 atom stereocenters. The van der Waals surface area contributed by atoms with E-state index in [2.05, 4.69) is 23.7 Å². The van der Waals surface area contributed by atoms with Gasteiger partial charge in [-0.25, -0.2) is 0 Å². The molecular formula is C13H24N2S. The van der Waals surface area contributed by atoms with Crippen LogP contribution in [0.2, 0.25) is 0 Å². The molecule has 16 heavy (non-hydrogen) atoms. The highest BCUT2D eigenvalue weighted by Crippen LogP contribution is 2.08. The van der Waals surface area contributed by atoms with Crippen molar-refractivity contribution in [3.05, 3.63) is 12.7 Å². The zero-order chi connectivity index (χ0) is 11.8. The molecule has 0 aromatic rings. The lowest BCUT2D eigenvalue weighted by Gasteiger charge is -2.22. The fourth-order valence-electron chi connectivity index (χ4n) is 2.12. The Balaban J connectivity index is 2.17. The Morgan fingerprint density at radius 3 is 2.94 bits per heavy atom. The van der Waals surface area contributed by atoms with Gasteiger partial charge < -0.3 is 10.2 Å². The number of hydrogen-bond acceptors (Lipinski definition) is 3. The van der Waals surface area contributed by atoms with Gasteiger partial charge in [-0.1, -0.05) is 25.2 Å². The Labute approximate surface area is 105 Å². The number of hydrogen-bond donors (Lipinski definition) is 1. The second-order valence-corrected chi connectivity index (χ2v) is 4.90. The lowest BCUT2D eigenvalue weighted by atomic mass is 10.1. The molecule has 0 bridgehead atoms. The van der Waals surface area contributed by atoms with E-state index in [0.29, 0.717) is 6.04 Å². The van der Waals surface area contributed by atoms with Crippen molar-refractivity contribution in [2.75, 3.05) is 26.2 Å². The minimum absolute atomic E-state index is 0.489. The van der Waals surface area contributed by atoms with Crippen LogP contribution < -0.4 is 5.32 Å². The summed E-state index contributed by atoms with van der Waals surface area (Å²) in [5.74, 6) is 0. The molecule has 0 aliphatic carbocycles. The minimum atomic E-state index is 0.489. The van der Waals surface area contributed by atoms with E-state index in [1.807, 2.05) is 6.08 Å². The Bertz CT molecular complexity index is 228. The van der Waals surface area contributed by atoms with Gasteiger partial charge in [0, 0.05) is 17.5 Å². The molecule has 0 amide bonds. The quantitative estimate of drug-likeness (QED) is 0.398. The van der Waals surface area contributed by atoms with Gasteiger partial charge in [-0.2, -0.15) is 0 Å². The van der Waals surface area contributed by atoms with Crippen LogP contribution in [0, 0.1) is 0 Å². The van der Waals surface area contributed by atoms with Crippen LogP contribution in [-0.4, -0.2) is 42.0 Å². The van der Waals surface area contributed by atoms with Crippen LogP contribution in [-0.2, 0) is 0 Å². The van der Waals surface area contributed by atoms with E-state index in [0.717, 1.165) is 32.5 Å². The minimum Gasteiger partial charge on any atom is -0.309 e. The van der Waals surface area contributed by atoms with Gasteiger partial charge in [0.1, 0.15) is 0 Å². The van der Waals surface area contributed by atoms with Crippen LogP contribution in [0.25, 0.3) is 0 Å². The van der Waals surface area contributed by atoms with Crippen molar-refractivity contribution in [3.8, 4) is 0 Å². The fraction of sp³-hybridized carbons (Fsp3) is 0.769. The van der Waals surface area contributed by atoms with Gasteiger partial charge in [0.05, 0.1) is 0 Å². The van der Waals surface area contributed by atoms with Crippen molar-refractivity contribution < 1.29 is 0 Å². The standard InChI is InChI=1S/C13H24N2S/c1-3-5-6-10-15(4-2)11-8-12-13(16)7-9-14-12/h3,12,14H,1,4-11H2,2H3. The molecule has 1 unspecified atom stereocenters. The van der Waals surface area contributed by atoms with Crippen molar-refractivity contribution in [2.45, 2.75) is 38.6 Å². The number of unbranched alkanes of at least 4 members (excludes halogenated alkanes) is 1. The molecule has 1 aliphatic heterocycles. The van der Waals surface area contributed by atoms with Crippen molar-refractivity contribution >= 4 is 17.1 Å². The smallest absolute Gasteiger partial charge is 0.0396 e. The lowest BCUT2D eigenvalue weighted by Crippen LogP contribution is -2.33. The first kappa shape index (κ1) is 13.8. The molecule has 92 valence electrons. The van der Waals surface area contributed by atoms with Gasteiger partial charge in [-0.05, 0) is 45.3 Å². The lowest BCUT2D eigenvalue weighted by molar-refractivity contribution is 0.277. The zero-order valence-electron chi connectivity index (χ0n) is 10.4. The first-order valence-corrected chi connectivity index (χ1v) is 6.78. The molecule has 1 heterocycles. The van der Waals surface area contributed by atoms with Gasteiger partial charge in [0.15, 0.2) is 0 Å². The monoisotopic (exact) mass is 240 g/mol. The number of nitrogens with zero attached hydrogens (tertiary/aromatic N) is 1. The fourth-order valence-corrected chi connectivity index (χ4v) is 2.42. The second-order valence-electron chi connectivity index (χ2n) is 4.38. The molecule has 0 radical (unpaired) electrons. The Hall–Kier alpha value is -0.250. The van der Waals surface area contributed by atoms with Crippen molar-refractivity contribution in [2.24, 2.45) is 0 Å². The van der Waals surface area contributed by atoms with Crippen LogP contribution in [0.5, 0.6) is 0 Å². The molecule has 2 nitrogen and oxygen atoms in total. The van der Waals surface area contributed by atoms with Gasteiger partial charge >= 0.3 is 0 Å². The molecule has 1 saturated heterocycles. The summed E-state index contributed by atoms with van der Waals surface area (Å²) in [5.41, 5.74) is 0. The van der Waals surface area contributed by atoms with E-state index in [9.17, 15) is 0 Å². The third kappa shape index (κ3) is 4.73. The molecular weight excluding hydrogens is 216 g/mol. The van der Waals surface area contributed by atoms with Crippen LogP contribution in [0.4, 0.5) is 0 Å². The predicted molar refractivity (Wildman–Crippen MR) is 75.2 cm³/mol. The highest BCUT2D eigenvalue weighted by molar-refractivity contribution is 7.80. The Morgan fingerprint density at radius 2 is 2.38 bits per heavy atom. The SMILES string of the molecule is C=CCCCN(CC)CCC1NCCC1=S. The van der Waals surface area contributed by atoms with Crippen LogP contribution in [0.15, 0.2) is 12.7 Å². The first-order chi connectivity index (χ1) is 7.77. The average molecular weight is 240 g/mol. The molecule has 0 spiro atoms. The van der Waals surface area contributed by atoms with Crippen LogP contribution in [0.3, 0.4) is 0 Å². The number of nitrogens with one attached hydrogen (secondary N) is 1. The van der Waals surface area contributed by atoms with E-state index in [-0.39, 0.29) is 0 Å². The molecule has 0 aromatic heterocycles. The maximum atomic E-state index is 5.34. The highest BCUT2D eigenvalue weighted by Gasteiger charge is 2.20. The molecule has 1 fully saturated rings. The van der Waals surface area contributed by atoms with Crippen LogP contribution in [0.1, 0.15) is 32.6 Å². The highest BCUT2D eigenvalue weighted by atomic mass is 32.1. The Kier molecular flexibility index (Phi) is 6.85. The third-order valence-corrected chi connectivity index (χ3v) is 3.70. The van der Waals surface area contributed by atoms with E-state index >= 15 is 0 Å². The van der Waals surface area contributed by atoms with Gasteiger partial charge in [0.25, 0.3) is 0 Å². The molecule has 1 N–H and O–H groups in total. The van der Waals surface area contributed by atoms with E-state index in [4.69, 9.17) is 12.2 Å². The summed E-state index contributed by atoms with van der Waals surface area (Å²) < 4.78 is 0. The predicted octanol–water partition coefficient (Wildman–Crippen LogP) is 2.40. The largest absolute Gasteiger partial charge is 0.309 e. The molecule has 0 saturated carbocycles. The third-order valence-electron chi connectivity index (χ3n) is 3.21. The van der Waals surface area contributed by atoms with Crippen molar-refractivity contribution in [3.63, 3.8) is 0 Å². The molecule has 0 aromatic carbocycles. The van der Waals surface area contributed by atoms with E-state index < -0.39 is 0 Å². The summed E-state index contributed by atoms with van der Waals surface area (Å²) in [6, 6.07) is 0.489. The summed E-state index contributed by atoms with van der Waals surface area (Å²) in [5, 5.41) is 3.47. The van der Waals surface area contributed by atoms with Gasteiger partial charge in [-0.3, -0.25) is 0 Å². The topological polar surface area (TPSA) is 15.3 Å². The average Bonchev–Trinajstić information content (AvgIpc) is 2.69. The number of rotatable bonds is 8. The van der Waals surface area contributed by atoms with E-state index in [1.54, 1.807) is 0 Å². The van der Waals surface area contributed by atoms with Crippen molar-refractivity contribution in [1.82, 2.24) is 10.2 Å². The number of allylic oxidation sites excluding steroid dienone is 1. The maximum Gasteiger partial charge on any atom is 0.0396 e. The zero-order valence-corrected chi connectivity index (χ0v) is 11.2. The van der Waals surface area contributed by atoms with Gasteiger partial charge in [0.2, 0.25) is 0 Å². The molecule has 3 heteroatoms. The summed E-state index contributed by atoms with van der Waals surface area (Å²) in [7, 11) is 0. The number of thiocarbonyl (C=S) groups is 1. The summed E-state index contributed by atoms with van der Waals surface area (Å²) in [6.07, 6.45) is 6.60. The second kappa shape index (κ2) is 7.93. The summed E-state index contributed by atoms with van der Waals surface area (Å²) in [6.45, 7) is 10.5. The normalized spacial score (nSPS) is 20.6. The van der Waals surface area contributed by atoms with Crippen molar-refractivity contribution in [1.29, 1.82) is 0 Å². The van der Waals surface area contributed by atoms with E-state index in [1.165, 1.54) is 24.3 Å². The molecule has 1 rings (SSSR count). The molecule has 1 aliphatic rings. The first-order valence-electron chi connectivity index (χ1n) is 6.37. The van der Waals surface area contributed by atoms with Gasteiger partial charge in [-0.15, -0.1) is 6.58 Å². The summed E-state index contributed by atoms with van der Waals surface area (Å²) >= 11 is 5.34. The van der Waals surface area contributed by atoms with Crippen LogP contribution >= 0.6 is 12.2 Å².